The Balaban J connectivity index is 1.42. The van der Waals surface area contributed by atoms with Crippen LogP contribution in [-0.4, -0.2) is 43.3 Å². The molecule has 3 atom stereocenters. The van der Waals surface area contributed by atoms with Crippen molar-refractivity contribution < 1.29 is 14.1 Å². The molecule has 0 aromatic carbocycles. The van der Waals surface area contributed by atoms with Gasteiger partial charge in [0.15, 0.2) is 28.1 Å². The van der Waals surface area contributed by atoms with Gasteiger partial charge < -0.3 is 9.26 Å². The van der Waals surface area contributed by atoms with Crippen LogP contribution < -0.4 is 5.69 Å². The highest BCUT2D eigenvalue weighted by molar-refractivity contribution is 6.33. The van der Waals surface area contributed by atoms with Gasteiger partial charge in [-0.3, -0.25) is 13.9 Å². The Morgan fingerprint density at radius 3 is 2.73 bits per heavy atom. The number of Topliss-reactive ketones (excluding diaryl/α,β-unsaturated/α-hetero) is 1. The molecule has 0 bridgehead atoms. The van der Waals surface area contributed by atoms with Crippen molar-refractivity contribution in [2.75, 3.05) is 13.2 Å². The van der Waals surface area contributed by atoms with Gasteiger partial charge in [0, 0.05) is 24.9 Å². The predicted molar refractivity (Wildman–Crippen MR) is 118 cm³/mol. The third kappa shape index (κ3) is 2.44. The molecule has 33 heavy (non-hydrogen) atoms. The minimum atomic E-state index is -0.568. The molecule has 3 aromatic heterocycles. The van der Waals surface area contributed by atoms with E-state index in [1.807, 2.05) is 0 Å². The summed E-state index contributed by atoms with van der Waals surface area (Å²) in [6.45, 7) is 1.15. The highest BCUT2D eigenvalue weighted by Crippen LogP contribution is 2.55. The van der Waals surface area contributed by atoms with E-state index in [1.54, 1.807) is 11.6 Å². The van der Waals surface area contributed by atoms with Gasteiger partial charge in [0.2, 0.25) is 0 Å². The molecule has 4 aliphatic rings. The van der Waals surface area contributed by atoms with Crippen molar-refractivity contribution in [1.82, 2.24) is 24.3 Å². The highest BCUT2D eigenvalue weighted by atomic mass is 35.5. The number of nitrogens with zero attached hydrogens (tertiary/aromatic N) is 5. The van der Waals surface area contributed by atoms with Gasteiger partial charge in [-0.15, -0.1) is 0 Å². The average molecular weight is 470 g/mol. The molecular weight excluding hydrogens is 446 g/mol. The van der Waals surface area contributed by atoms with E-state index in [-0.39, 0.29) is 22.2 Å². The van der Waals surface area contributed by atoms with Crippen LogP contribution in [0, 0.1) is 5.92 Å². The summed E-state index contributed by atoms with van der Waals surface area (Å²) in [5.41, 5.74) is 1.36. The molecule has 3 aliphatic carbocycles. The molecule has 3 fully saturated rings. The van der Waals surface area contributed by atoms with Gasteiger partial charge in [0.25, 0.3) is 0 Å². The number of ketones is 1. The quantitative estimate of drug-likeness (QED) is 0.531. The molecule has 172 valence electrons. The lowest BCUT2D eigenvalue weighted by Gasteiger charge is -2.36. The van der Waals surface area contributed by atoms with E-state index in [1.165, 1.54) is 4.57 Å². The number of hydrogen-bond donors (Lipinski definition) is 0. The van der Waals surface area contributed by atoms with E-state index in [2.05, 4.69) is 10.1 Å². The van der Waals surface area contributed by atoms with Crippen molar-refractivity contribution in [3.63, 3.8) is 0 Å². The van der Waals surface area contributed by atoms with Gasteiger partial charge in [-0.05, 0) is 38.5 Å². The van der Waals surface area contributed by atoms with Gasteiger partial charge >= 0.3 is 5.69 Å². The van der Waals surface area contributed by atoms with Gasteiger partial charge in [-0.25, -0.2) is 14.8 Å². The molecule has 2 saturated carbocycles. The number of aryl methyl sites for hydroxylation is 1. The summed E-state index contributed by atoms with van der Waals surface area (Å²) >= 11 is 6.62. The molecule has 0 amide bonds. The number of fused-ring (bicyclic) bond motifs is 4. The van der Waals surface area contributed by atoms with Crippen LogP contribution in [0.25, 0.3) is 22.7 Å². The summed E-state index contributed by atoms with van der Waals surface area (Å²) in [5.74, 6) is 1.59. The molecule has 0 N–H and O–H groups in total. The minimum absolute atomic E-state index is 0.166. The fraction of sp³-hybridized carbons (Fsp3) is 0.609. The van der Waals surface area contributed by atoms with Crippen LogP contribution in [0.1, 0.15) is 56.3 Å². The Labute approximate surface area is 194 Å². The normalized spacial score (nSPS) is 30.7. The van der Waals surface area contributed by atoms with Crippen LogP contribution in [0.15, 0.2) is 9.32 Å². The standard InChI is InChI=1S/C23H24ClN5O4/c1-28-16-18(24)25-19(26-20(16)29(21(28)31)23-9-12(23)10-32-11-23)15-13-5-4-8-22(17(13)33-27-15)7-3-2-6-14(22)30/h12H,2-11H2,1H3/t12-,22+,23-/m0/s1. The van der Waals surface area contributed by atoms with Crippen molar-refractivity contribution in [3.05, 3.63) is 27.0 Å². The van der Waals surface area contributed by atoms with Crippen LogP contribution in [0.4, 0.5) is 0 Å². The van der Waals surface area contributed by atoms with Gasteiger partial charge in [-0.1, -0.05) is 23.2 Å². The zero-order chi connectivity index (χ0) is 22.5. The monoisotopic (exact) mass is 469 g/mol. The number of carbonyl (C=O) groups excluding carboxylic acids is 1. The molecule has 4 heterocycles. The van der Waals surface area contributed by atoms with Crippen LogP contribution >= 0.6 is 11.6 Å². The van der Waals surface area contributed by atoms with Crippen molar-refractivity contribution in [1.29, 1.82) is 0 Å². The summed E-state index contributed by atoms with van der Waals surface area (Å²) in [6, 6.07) is 0. The van der Waals surface area contributed by atoms with Crippen LogP contribution in [0.3, 0.4) is 0 Å². The molecule has 1 saturated heterocycles. The molecule has 0 unspecified atom stereocenters. The van der Waals surface area contributed by atoms with E-state index in [4.69, 9.17) is 25.8 Å². The summed E-state index contributed by atoms with van der Waals surface area (Å²) in [5, 5.41) is 4.56. The molecular formula is C23H24ClN5O4. The fourth-order valence-electron chi connectivity index (χ4n) is 6.55. The largest absolute Gasteiger partial charge is 0.379 e. The number of carbonyl (C=O) groups is 1. The lowest BCUT2D eigenvalue weighted by Crippen LogP contribution is -2.41. The van der Waals surface area contributed by atoms with Crippen molar-refractivity contribution in [2.24, 2.45) is 13.0 Å². The zero-order valence-corrected chi connectivity index (χ0v) is 19.2. The van der Waals surface area contributed by atoms with Crippen LogP contribution in [-0.2, 0) is 34.0 Å². The zero-order valence-electron chi connectivity index (χ0n) is 18.4. The predicted octanol–water partition coefficient (Wildman–Crippen LogP) is 2.90. The van der Waals surface area contributed by atoms with E-state index in [0.29, 0.717) is 54.0 Å². The number of rotatable bonds is 2. The molecule has 0 radical (unpaired) electrons. The number of aromatic nitrogens is 5. The van der Waals surface area contributed by atoms with Gasteiger partial charge in [0.1, 0.15) is 11.3 Å². The van der Waals surface area contributed by atoms with Crippen LogP contribution in [0.2, 0.25) is 5.15 Å². The maximum atomic E-state index is 13.2. The minimum Gasteiger partial charge on any atom is -0.379 e. The van der Waals surface area contributed by atoms with Crippen molar-refractivity contribution >= 4 is 28.5 Å². The first-order valence-electron chi connectivity index (χ1n) is 11.7. The lowest BCUT2D eigenvalue weighted by atomic mass is 9.64. The van der Waals surface area contributed by atoms with Gasteiger partial charge in [0.05, 0.1) is 24.2 Å². The lowest BCUT2D eigenvalue weighted by molar-refractivity contribution is -0.128. The van der Waals surface area contributed by atoms with Crippen LogP contribution in [0.5, 0.6) is 0 Å². The summed E-state index contributed by atoms with van der Waals surface area (Å²) in [6.07, 6.45) is 6.68. The molecule has 10 heteroatoms. The topological polar surface area (TPSA) is 105 Å². The Morgan fingerprint density at radius 2 is 1.97 bits per heavy atom. The SMILES string of the molecule is Cn1c(=O)n([C@@]23COC[C@@H]2C3)c2nc(-c3noc4c3CCC[C@@]43CCCCC3=O)nc(Cl)c21. The fourth-order valence-corrected chi connectivity index (χ4v) is 6.84. The number of halogens is 1. The first-order valence-corrected chi connectivity index (χ1v) is 12.1. The Hall–Kier alpha value is -2.52. The third-order valence-corrected chi connectivity index (χ3v) is 8.68. The smallest absolute Gasteiger partial charge is 0.330 e. The van der Waals surface area contributed by atoms with Gasteiger partial charge in [-0.2, -0.15) is 0 Å². The van der Waals surface area contributed by atoms with Crippen molar-refractivity contribution in [2.45, 2.75) is 62.3 Å². The van der Waals surface area contributed by atoms with Crippen molar-refractivity contribution in [3.8, 4) is 11.5 Å². The molecule has 1 spiro atoms. The number of imidazole rings is 1. The second-order valence-corrected chi connectivity index (χ2v) is 10.5. The molecule has 3 aromatic rings. The second kappa shape index (κ2) is 6.54. The molecule has 7 rings (SSSR count). The van der Waals surface area contributed by atoms with E-state index < -0.39 is 5.41 Å². The second-order valence-electron chi connectivity index (χ2n) is 10.1. The maximum absolute atomic E-state index is 13.2. The summed E-state index contributed by atoms with van der Waals surface area (Å²) in [4.78, 5) is 35.5. The Bertz CT molecular complexity index is 1410. The molecule has 9 nitrogen and oxygen atoms in total. The summed E-state index contributed by atoms with van der Waals surface area (Å²) < 4.78 is 14.8. The Morgan fingerprint density at radius 1 is 1.12 bits per heavy atom. The summed E-state index contributed by atoms with van der Waals surface area (Å²) in [7, 11) is 1.69. The highest BCUT2D eigenvalue weighted by Gasteiger charge is 2.61. The number of ether oxygens (including phenoxy) is 1. The first-order chi connectivity index (χ1) is 16.0. The number of hydrogen-bond acceptors (Lipinski definition) is 7. The van der Waals surface area contributed by atoms with E-state index >= 15 is 0 Å². The average Bonchev–Trinajstić information content (AvgIpc) is 3.10. The Kier molecular flexibility index (Phi) is 3.94. The van der Waals surface area contributed by atoms with E-state index in [9.17, 15) is 9.59 Å². The van der Waals surface area contributed by atoms with E-state index in [0.717, 1.165) is 50.5 Å². The third-order valence-electron chi connectivity index (χ3n) is 8.42. The first kappa shape index (κ1) is 19.9. The maximum Gasteiger partial charge on any atom is 0.330 e. The molecule has 1 aliphatic heterocycles.